The normalized spacial score (nSPS) is 8.72. The Labute approximate surface area is 517 Å². The van der Waals surface area contributed by atoms with Crippen molar-refractivity contribution in [2.24, 2.45) is 0 Å². The fraction of sp³-hybridized carbons (Fsp3) is 0.434. The van der Waals surface area contributed by atoms with Crippen molar-refractivity contribution < 1.29 is 0 Å². The summed E-state index contributed by atoms with van der Waals surface area (Å²) in [5.41, 5.74) is 16.8. The van der Waals surface area contributed by atoms with Crippen molar-refractivity contribution in [1.82, 2.24) is 9.88 Å². The molecule has 0 aliphatic heterocycles. The summed E-state index contributed by atoms with van der Waals surface area (Å²) in [5, 5.41) is 0. The number of allylic oxidation sites excluding steroid dienone is 8. The van der Waals surface area contributed by atoms with E-state index in [1.165, 1.54) is 73.0 Å². The lowest BCUT2D eigenvalue weighted by Crippen LogP contribution is -2.10. The van der Waals surface area contributed by atoms with Gasteiger partial charge < -0.3 is 29.4 Å². The van der Waals surface area contributed by atoms with E-state index >= 15 is 0 Å². The quantitative estimate of drug-likeness (QED) is 0.147. The molecule has 0 aliphatic rings. The zero-order valence-corrected chi connectivity index (χ0v) is 60.0. The van der Waals surface area contributed by atoms with Crippen LogP contribution in [0.4, 0.5) is 28.4 Å². The van der Waals surface area contributed by atoms with Crippen LogP contribution in [0.2, 0.25) is 0 Å². The number of nitrogens with zero attached hydrogens (tertiary/aromatic N) is 7. The number of benzene rings is 5. The Morgan fingerprint density at radius 3 is 0.675 bits per heavy atom. The number of anilines is 5. The minimum atomic E-state index is 1.23. The second-order valence-electron chi connectivity index (χ2n) is 19.7. The summed E-state index contributed by atoms with van der Waals surface area (Å²) in [4.78, 5) is 16.3. The molecular formula is C76H129N7. The summed E-state index contributed by atoms with van der Waals surface area (Å²) < 4.78 is 0. The zero-order valence-electron chi connectivity index (χ0n) is 60.0. The molecule has 0 aliphatic carbocycles. The lowest BCUT2D eigenvalue weighted by Gasteiger charge is -2.16. The van der Waals surface area contributed by atoms with E-state index in [4.69, 9.17) is 0 Å². The smallest absolute Gasteiger partial charge is 0.0362 e. The Kier molecular flexibility index (Phi) is 68.0. The SMILES string of the molecule is C/C=C(\C)c1ccccc1.CC.CC.CC.CC.CC=C(C)C.CC=C(C)C.CC=C(C)C.CN(C)C.CN(C)c1ccc(-c2ccc(N(C)C)cc2)cc1.CN(C)c1ccc(N(C)C)cc1.Cc1ccc(N(C)C)cc1.c1ccncc1. The van der Waals surface area contributed by atoms with E-state index < -0.39 is 0 Å². The van der Waals surface area contributed by atoms with Gasteiger partial charge in [0.1, 0.15) is 0 Å². The largest absolute Gasteiger partial charge is 0.378 e. The molecule has 7 nitrogen and oxygen atoms in total. The van der Waals surface area contributed by atoms with Crippen LogP contribution in [0.5, 0.6) is 0 Å². The first-order valence-corrected chi connectivity index (χ1v) is 29.9. The first-order chi connectivity index (χ1) is 39.3. The van der Waals surface area contributed by atoms with Crippen molar-refractivity contribution in [1.29, 1.82) is 0 Å². The molecule has 1 heterocycles. The molecular weight excluding hydrogens is 1010 g/mol. The van der Waals surface area contributed by atoms with E-state index in [2.05, 4.69) is 266 Å². The Bertz CT molecular complexity index is 2200. The Morgan fingerprint density at radius 2 is 0.506 bits per heavy atom. The maximum atomic E-state index is 3.78. The third kappa shape index (κ3) is 58.2. The van der Waals surface area contributed by atoms with Gasteiger partial charge in [-0.15, -0.1) is 0 Å². The summed E-state index contributed by atoms with van der Waals surface area (Å²) in [6.07, 6.45) is 11.9. The lowest BCUT2D eigenvalue weighted by molar-refractivity contribution is 0.505. The van der Waals surface area contributed by atoms with E-state index in [-0.39, 0.29) is 0 Å². The summed E-state index contributed by atoms with van der Waals surface area (Å²) >= 11 is 0. The van der Waals surface area contributed by atoms with Crippen LogP contribution in [-0.2, 0) is 0 Å². The van der Waals surface area contributed by atoms with Crippen LogP contribution in [0.25, 0.3) is 16.7 Å². The molecule has 0 amide bonds. The molecule has 0 unspecified atom stereocenters. The van der Waals surface area contributed by atoms with Crippen molar-refractivity contribution in [2.75, 3.05) is 116 Å². The molecule has 0 N–H and O–H groups in total. The third-order valence-electron chi connectivity index (χ3n) is 10.5. The Morgan fingerprint density at radius 1 is 0.301 bits per heavy atom. The van der Waals surface area contributed by atoms with Crippen molar-refractivity contribution in [3.05, 3.63) is 210 Å². The van der Waals surface area contributed by atoms with Crippen LogP contribution in [0.1, 0.15) is 143 Å². The minimum Gasteiger partial charge on any atom is -0.378 e. The van der Waals surface area contributed by atoms with Gasteiger partial charge in [-0.25, -0.2) is 0 Å². The molecule has 7 heteroatoms. The second kappa shape index (κ2) is 62.8. The van der Waals surface area contributed by atoms with Gasteiger partial charge in [-0.1, -0.05) is 175 Å². The van der Waals surface area contributed by atoms with Gasteiger partial charge in [0, 0.05) is 111 Å². The predicted octanol–water partition coefficient (Wildman–Crippen LogP) is 21.8. The predicted molar refractivity (Wildman–Crippen MR) is 391 cm³/mol. The molecule has 5 aromatic carbocycles. The maximum absolute atomic E-state index is 3.78. The molecule has 0 atom stereocenters. The molecule has 0 saturated heterocycles. The number of aromatic nitrogens is 1. The fourth-order valence-corrected chi connectivity index (χ4v) is 4.98. The van der Waals surface area contributed by atoms with E-state index in [1.807, 2.05) is 169 Å². The van der Waals surface area contributed by atoms with Crippen LogP contribution in [-0.4, -0.2) is 102 Å². The average molecular weight is 1140 g/mol. The van der Waals surface area contributed by atoms with Crippen LogP contribution in [0.3, 0.4) is 0 Å². The molecule has 468 valence electrons. The van der Waals surface area contributed by atoms with Crippen LogP contribution < -0.4 is 24.5 Å². The topological polar surface area (TPSA) is 32.3 Å². The van der Waals surface area contributed by atoms with Crippen LogP contribution in [0.15, 0.2) is 199 Å². The molecule has 0 spiro atoms. The highest BCUT2D eigenvalue weighted by Crippen LogP contribution is 2.25. The highest BCUT2D eigenvalue weighted by Gasteiger charge is 2.01. The molecule has 1 aromatic heterocycles. The molecule has 6 aromatic rings. The van der Waals surface area contributed by atoms with Gasteiger partial charge >= 0.3 is 0 Å². The molecule has 6 rings (SSSR count). The van der Waals surface area contributed by atoms with Crippen molar-refractivity contribution in [3.8, 4) is 11.1 Å². The first kappa shape index (κ1) is 90.0. The summed E-state index contributed by atoms with van der Waals surface area (Å²) in [7, 11) is 26.5. The van der Waals surface area contributed by atoms with Crippen molar-refractivity contribution >= 4 is 34.0 Å². The third-order valence-corrected chi connectivity index (χ3v) is 10.5. The van der Waals surface area contributed by atoms with Gasteiger partial charge in [0.25, 0.3) is 0 Å². The monoisotopic (exact) mass is 1140 g/mol. The summed E-state index contributed by atoms with van der Waals surface area (Å²) in [5.74, 6) is 0. The summed E-state index contributed by atoms with van der Waals surface area (Å²) in [6, 6.07) is 50.3. The van der Waals surface area contributed by atoms with Gasteiger partial charge in [0.05, 0.1) is 0 Å². The number of aryl methyl sites for hydroxylation is 1. The summed E-state index contributed by atoms with van der Waals surface area (Å²) in [6.45, 7) is 40.9. The van der Waals surface area contributed by atoms with E-state index in [0.29, 0.717) is 0 Å². The molecule has 0 saturated carbocycles. The second-order valence-corrected chi connectivity index (χ2v) is 19.7. The van der Waals surface area contributed by atoms with Gasteiger partial charge in [-0.3, -0.25) is 4.98 Å². The van der Waals surface area contributed by atoms with E-state index in [9.17, 15) is 0 Å². The first-order valence-electron chi connectivity index (χ1n) is 29.9. The molecule has 0 fully saturated rings. The van der Waals surface area contributed by atoms with Gasteiger partial charge in [-0.2, -0.15) is 0 Å². The maximum Gasteiger partial charge on any atom is 0.0362 e. The zero-order chi connectivity index (χ0) is 65.9. The highest BCUT2D eigenvalue weighted by atomic mass is 15.1. The Balaban J connectivity index is -0.000000160. The lowest BCUT2D eigenvalue weighted by atomic mass is 10.0. The van der Waals surface area contributed by atoms with E-state index in [1.54, 1.807) is 12.4 Å². The van der Waals surface area contributed by atoms with E-state index in [0.717, 1.165) is 0 Å². The van der Waals surface area contributed by atoms with Crippen molar-refractivity contribution in [3.63, 3.8) is 0 Å². The van der Waals surface area contributed by atoms with Gasteiger partial charge in [0.15, 0.2) is 0 Å². The Hall–Kier alpha value is -6.83. The molecule has 83 heavy (non-hydrogen) atoms. The molecule has 0 bridgehead atoms. The van der Waals surface area contributed by atoms with Gasteiger partial charge in [-0.05, 0) is 199 Å². The fourth-order valence-electron chi connectivity index (χ4n) is 4.98. The van der Waals surface area contributed by atoms with Gasteiger partial charge in [0.2, 0.25) is 0 Å². The number of pyridine rings is 1. The van der Waals surface area contributed by atoms with Crippen LogP contribution >= 0.6 is 0 Å². The average Bonchev–Trinajstić information content (AvgIpc) is 3.52. The number of hydrogen-bond donors (Lipinski definition) is 0. The number of rotatable bonds is 7. The molecule has 0 radical (unpaired) electrons. The van der Waals surface area contributed by atoms with Crippen LogP contribution in [0, 0.1) is 6.92 Å². The standard InChI is InChI=1S/C16H20N2.C10H16N2.C10H12.C9H13N.C5H5N.3C5H10.C3H9N.4C2H6/c1-17(2)15-9-5-13(6-10-15)14-7-11-16(12-8-14)18(3)4;1-11(2)9-5-7-10(8-6-9)12(3)4;1-3-9(2)10-7-5-4-6-8-10;1-8-4-6-9(7-5-8)10(2)3;1-2-4-6-5-3-1;3*1-4-5(2)3;1-4(2)3;4*1-2/h5-12H,1-4H3;5-8H,1-4H3;3-8H,1-2H3;4-7H,1-3H3;1-5H;3*4H,1-3H3;1-3H3;4*1-2H3/b;;9-3+;;;;;;;;;;. The minimum absolute atomic E-state index is 1.23. The van der Waals surface area contributed by atoms with Crippen molar-refractivity contribution in [2.45, 2.75) is 138 Å². The number of hydrogen-bond acceptors (Lipinski definition) is 7. The highest BCUT2D eigenvalue weighted by molar-refractivity contribution is 5.68.